The van der Waals surface area contributed by atoms with Crippen molar-refractivity contribution in [1.82, 2.24) is 30.2 Å². The Morgan fingerprint density at radius 2 is 1.67 bits per heavy atom. The summed E-state index contributed by atoms with van der Waals surface area (Å²) in [4.78, 5) is 58.9. The van der Waals surface area contributed by atoms with Crippen LogP contribution in [0.4, 0.5) is 0 Å². The predicted molar refractivity (Wildman–Crippen MR) is 168 cm³/mol. The summed E-state index contributed by atoms with van der Waals surface area (Å²) >= 11 is 0. The third-order valence-electron chi connectivity index (χ3n) is 10.6. The molecule has 3 aromatic rings. The third kappa shape index (κ3) is 5.16. The lowest BCUT2D eigenvalue weighted by Crippen LogP contribution is -2.65. The van der Waals surface area contributed by atoms with Crippen molar-refractivity contribution in [1.29, 1.82) is 0 Å². The van der Waals surface area contributed by atoms with E-state index in [2.05, 4.69) is 15.7 Å². The Kier molecular flexibility index (Phi) is 7.46. The number of hydrogen-bond acceptors (Lipinski definition) is 6. The Bertz CT molecular complexity index is 1650. The molecule has 240 valence electrons. The molecule has 4 saturated heterocycles. The lowest BCUT2D eigenvalue weighted by Gasteiger charge is -2.50. The van der Waals surface area contributed by atoms with Crippen molar-refractivity contribution in [3.63, 3.8) is 0 Å². The minimum absolute atomic E-state index is 0.0182. The number of amides is 4. The van der Waals surface area contributed by atoms with Gasteiger partial charge in [0.25, 0.3) is 5.91 Å². The first-order chi connectivity index (χ1) is 22.1. The van der Waals surface area contributed by atoms with Gasteiger partial charge < -0.3 is 25.2 Å². The third-order valence-corrected chi connectivity index (χ3v) is 10.6. The van der Waals surface area contributed by atoms with Crippen molar-refractivity contribution in [3.8, 4) is 0 Å². The standard InChI is InChI=1S/C35H40N6O5/c1-34(2)26-27(34)33(45)40-20-35(21-40)19-39(32(44)24-14-37-41(16-24)15-22-10-6-4-7-11-22)17-25(35)30(42)38-28(31(43)36-3)29(26)46-18-23-12-8-5-9-13-23/h4-14,16,25-29H,15,17-21H2,1-3H3,(H,36,43)(H,38,42). The molecule has 5 heterocycles. The summed E-state index contributed by atoms with van der Waals surface area (Å²) < 4.78 is 8.19. The van der Waals surface area contributed by atoms with Gasteiger partial charge in [-0.2, -0.15) is 5.10 Å². The second-order valence-corrected chi connectivity index (χ2v) is 13.9. The van der Waals surface area contributed by atoms with Crippen molar-refractivity contribution >= 4 is 23.6 Å². The molecule has 1 aliphatic carbocycles. The second-order valence-electron chi connectivity index (χ2n) is 13.9. The molecule has 1 spiro atoms. The molecular formula is C35H40N6O5. The summed E-state index contributed by atoms with van der Waals surface area (Å²) in [5.41, 5.74) is 1.43. The van der Waals surface area contributed by atoms with Crippen LogP contribution < -0.4 is 10.6 Å². The van der Waals surface area contributed by atoms with Crippen LogP contribution in [0.5, 0.6) is 0 Å². The monoisotopic (exact) mass is 624 g/mol. The molecule has 5 unspecified atom stereocenters. The Balaban J connectivity index is 1.15. The minimum atomic E-state index is -1.01. The smallest absolute Gasteiger partial charge is 0.257 e. The number of nitrogens with one attached hydrogen (secondary N) is 2. The van der Waals surface area contributed by atoms with Crippen molar-refractivity contribution in [2.24, 2.45) is 28.6 Å². The second kappa shape index (κ2) is 11.4. The van der Waals surface area contributed by atoms with Gasteiger partial charge >= 0.3 is 0 Å². The van der Waals surface area contributed by atoms with E-state index in [1.54, 1.807) is 22.0 Å². The number of carbonyl (C=O) groups excluding carboxylic acids is 4. The average molecular weight is 625 g/mol. The molecule has 5 atom stereocenters. The first kappa shape index (κ1) is 30.2. The molecule has 0 radical (unpaired) electrons. The predicted octanol–water partition coefficient (Wildman–Crippen LogP) is 1.93. The molecule has 5 aliphatic rings. The number of aromatic nitrogens is 2. The number of fused-ring (bicyclic) bond motifs is 3. The summed E-state index contributed by atoms with van der Waals surface area (Å²) in [5.74, 6) is -2.07. The molecule has 2 N–H and O–H groups in total. The highest BCUT2D eigenvalue weighted by molar-refractivity contribution is 5.96. The van der Waals surface area contributed by atoms with Crippen molar-refractivity contribution in [2.45, 2.75) is 39.1 Å². The van der Waals surface area contributed by atoms with Crippen LogP contribution in [-0.2, 0) is 32.3 Å². The van der Waals surface area contributed by atoms with Crippen LogP contribution in [0.2, 0.25) is 0 Å². The van der Waals surface area contributed by atoms with E-state index >= 15 is 0 Å². The fraction of sp³-hybridized carbons (Fsp3) is 0.457. The number of likely N-dealkylation sites (tertiary alicyclic amines) is 1. The van der Waals surface area contributed by atoms with E-state index < -0.39 is 28.9 Å². The first-order valence-electron chi connectivity index (χ1n) is 15.9. The van der Waals surface area contributed by atoms with Crippen LogP contribution in [0.3, 0.4) is 0 Å². The van der Waals surface area contributed by atoms with E-state index in [1.165, 1.54) is 7.05 Å². The fourth-order valence-electron chi connectivity index (χ4n) is 8.03. The maximum atomic E-state index is 14.2. The van der Waals surface area contributed by atoms with Gasteiger partial charge in [0.05, 0.1) is 36.9 Å². The fourth-order valence-corrected chi connectivity index (χ4v) is 8.03. The molecule has 2 aromatic carbocycles. The number of ether oxygens (including phenoxy) is 1. The lowest BCUT2D eigenvalue weighted by atomic mass is 9.71. The van der Waals surface area contributed by atoms with E-state index in [0.717, 1.165) is 11.1 Å². The molecule has 4 amide bonds. The topological polar surface area (TPSA) is 126 Å². The SMILES string of the molecule is CNC(=O)C1NC(=O)C2CN(C(=O)c3cnn(Cc4ccccc4)c3)CC23CN(C3)C(=O)C2C(C1OCc1ccccc1)C2(C)C. The van der Waals surface area contributed by atoms with Crippen LogP contribution in [0.1, 0.15) is 35.3 Å². The Hall–Kier alpha value is -4.51. The summed E-state index contributed by atoms with van der Waals surface area (Å²) in [6, 6.07) is 18.5. The number of benzene rings is 2. The van der Waals surface area contributed by atoms with Crippen molar-refractivity contribution in [2.75, 3.05) is 33.2 Å². The molecule has 4 aliphatic heterocycles. The van der Waals surface area contributed by atoms with Gasteiger partial charge in [0.2, 0.25) is 17.7 Å². The van der Waals surface area contributed by atoms with Crippen LogP contribution in [0.15, 0.2) is 73.1 Å². The minimum Gasteiger partial charge on any atom is -0.371 e. The molecule has 11 nitrogen and oxygen atoms in total. The van der Waals surface area contributed by atoms with E-state index in [-0.39, 0.29) is 48.6 Å². The molecule has 5 fully saturated rings. The maximum absolute atomic E-state index is 14.2. The highest BCUT2D eigenvalue weighted by Crippen LogP contribution is 2.63. The summed E-state index contributed by atoms with van der Waals surface area (Å²) in [6.07, 6.45) is 2.57. The van der Waals surface area contributed by atoms with E-state index in [0.29, 0.717) is 31.7 Å². The van der Waals surface area contributed by atoms with Gasteiger partial charge in [-0.25, -0.2) is 0 Å². The van der Waals surface area contributed by atoms with Crippen LogP contribution >= 0.6 is 0 Å². The van der Waals surface area contributed by atoms with Gasteiger partial charge in [-0.1, -0.05) is 74.5 Å². The number of carbonyl (C=O) groups is 4. The zero-order valence-electron chi connectivity index (χ0n) is 26.4. The highest BCUT2D eigenvalue weighted by atomic mass is 16.5. The average Bonchev–Trinajstić information content (AvgIpc) is 3.37. The molecule has 8 rings (SSSR count). The number of hydrogen-bond donors (Lipinski definition) is 2. The van der Waals surface area contributed by atoms with Gasteiger partial charge in [-0.3, -0.25) is 23.9 Å². The summed E-state index contributed by atoms with van der Waals surface area (Å²) in [7, 11) is 1.53. The number of nitrogens with zero attached hydrogens (tertiary/aromatic N) is 4. The van der Waals surface area contributed by atoms with Gasteiger partial charge in [0, 0.05) is 56.7 Å². The summed E-state index contributed by atoms with van der Waals surface area (Å²) in [5, 5.41) is 10.2. The Labute approximate surface area is 268 Å². The molecule has 46 heavy (non-hydrogen) atoms. The number of rotatable bonds is 7. The Morgan fingerprint density at radius 3 is 2.35 bits per heavy atom. The van der Waals surface area contributed by atoms with E-state index in [1.807, 2.05) is 79.4 Å². The van der Waals surface area contributed by atoms with Crippen molar-refractivity contribution < 1.29 is 23.9 Å². The zero-order chi connectivity index (χ0) is 32.2. The maximum Gasteiger partial charge on any atom is 0.257 e. The largest absolute Gasteiger partial charge is 0.371 e. The first-order valence-corrected chi connectivity index (χ1v) is 15.9. The van der Waals surface area contributed by atoms with Crippen molar-refractivity contribution in [3.05, 3.63) is 89.7 Å². The molecule has 1 aromatic heterocycles. The van der Waals surface area contributed by atoms with Gasteiger partial charge in [-0.15, -0.1) is 0 Å². The normalized spacial score (nSPS) is 27.4. The van der Waals surface area contributed by atoms with Gasteiger partial charge in [0.1, 0.15) is 6.04 Å². The van der Waals surface area contributed by atoms with E-state index in [4.69, 9.17) is 4.74 Å². The summed E-state index contributed by atoms with van der Waals surface area (Å²) in [6.45, 7) is 6.13. The Morgan fingerprint density at radius 1 is 1.00 bits per heavy atom. The van der Waals surface area contributed by atoms with Crippen LogP contribution in [-0.4, -0.2) is 88.6 Å². The molecule has 11 heteroatoms. The quantitative estimate of drug-likeness (QED) is 0.414. The lowest BCUT2D eigenvalue weighted by molar-refractivity contribution is -0.151. The molecular weight excluding hydrogens is 584 g/mol. The number of likely N-dealkylation sites (N-methyl/N-ethyl adjacent to an activating group) is 1. The van der Waals surface area contributed by atoms with Gasteiger partial charge in [0.15, 0.2) is 0 Å². The van der Waals surface area contributed by atoms with Crippen LogP contribution in [0.25, 0.3) is 0 Å². The zero-order valence-corrected chi connectivity index (χ0v) is 26.4. The van der Waals surface area contributed by atoms with E-state index in [9.17, 15) is 19.2 Å². The highest BCUT2D eigenvalue weighted by Gasteiger charge is 2.70. The van der Waals surface area contributed by atoms with Gasteiger partial charge in [-0.05, 0) is 16.5 Å². The molecule has 2 bridgehead atoms. The van der Waals surface area contributed by atoms with Crippen LogP contribution in [0, 0.1) is 28.6 Å². The molecule has 1 saturated carbocycles.